The summed E-state index contributed by atoms with van der Waals surface area (Å²) < 4.78 is 13.1. The van der Waals surface area contributed by atoms with Crippen molar-refractivity contribution >= 4 is 0 Å². The van der Waals surface area contributed by atoms with Crippen LogP contribution in [0.25, 0.3) is 0 Å². The zero-order valence-electron chi connectivity index (χ0n) is 7.29. The number of aromatic hydroxyl groups is 1. The summed E-state index contributed by atoms with van der Waals surface area (Å²) in [4.78, 5) is 0. The van der Waals surface area contributed by atoms with Crippen LogP contribution >= 0.6 is 0 Å². The molecule has 72 valence electrons. The summed E-state index contributed by atoms with van der Waals surface area (Å²) in [6, 6.07) is 3.26. The number of hydrogen-bond acceptors (Lipinski definition) is 3. The highest BCUT2D eigenvalue weighted by molar-refractivity contribution is 5.30. The van der Waals surface area contributed by atoms with Crippen LogP contribution in [0.3, 0.4) is 0 Å². The van der Waals surface area contributed by atoms with Crippen LogP contribution < -0.4 is 5.32 Å². The van der Waals surface area contributed by atoms with E-state index in [-0.39, 0.29) is 17.9 Å². The molecule has 13 heavy (non-hydrogen) atoms. The molecule has 0 amide bonds. The highest BCUT2D eigenvalue weighted by Gasteiger charge is 2.12. The minimum absolute atomic E-state index is 0.00917. The van der Waals surface area contributed by atoms with Gasteiger partial charge in [0.2, 0.25) is 0 Å². The van der Waals surface area contributed by atoms with Crippen molar-refractivity contribution in [3.8, 4) is 5.75 Å². The molecular weight excluding hydrogens is 173 g/mol. The monoisotopic (exact) mass is 185 g/mol. The molecule has 0 spiro atoms. The van der Waals surface area contributed by atoms with Crippen LogP contribution in [-0.2, 0) is 0 Å². The fraction of sp³-hybridized carbons (Fsp3) is 0.333. The van der Waals surface area contributed by atoms with Gasteiger partial charge in [-0.05, 0) is 25.2 Å². The molecule has 3 nitrogen and oxygen atoms in total. The topological polar surface area (TPSA) is 52.5 Å². The first-order chi connectivity index (χ1) is 6.19. The lowest BCUT2D eigenvalue weighted by Crippen LogP contribution is -2.21. The fourth-order valence-corrected chi connectivity index (χ4v) is 1.14. The predicted molar refractivity (Wildman–Crippen MR) is 47.0 cm³/mol. The summed E-state index contributed by atoms with van der Waals surface area (Å²) in [5, 5.41) is 20.7. The first-order valence-electron chi connectivity index (χ1n) is 3.95. The molecule has 0 aromatic heterocycles. The third-order valence-electron chi connectivity index (χ3n) is 1.89. The molecule has 0 aliphatic carbocycles. The van der Waals surface area contributed by atoms with Crippen molar-refractivity contribution in [2.24, 2.45) is 0 Å². The summed E-state index contributed by atoms with van der Waals surface area (Å²) in [6.45, 7) is -0.211. The van der Waals surface area contributed by atoms with E-state index in [0.717, 1.165) is 0 Å². The third kappa shape index (κ3) is 2.17. The molecule has 0 radical (unpaired) electrons. The molecule has 1 aromatic carbocycles. The Morgan fingerprint density at radius 3 is 2.77 bits per heavy atom. The number of rotatable bonds is 3. The van der Waals surface area contributed by atoms with Crippen LogP contribution in [-0.4, -0.2) is 23.9 Å². The number of phenolic OH excluding ortho intramolecular Hbond substituents is 1. The largest absolute Gasteiger partial charge is 0.508 e. The lowest BCUT2D eigenvalue weighted by Gasteiger charge is -2.14. The molecule has 0 saturated heterocycles. The Morgan fingerprint density at radius 2 is 2.23 bits per heavy atom. The number of likely N-dealkylation sites (N-methyl/N-ethyl adjacent to an activating group) is 1. The number of aliphatic hydroxyl groups excluding tert-OH is 1. The molecule has 3 N–H and O–H groups in total. The van der Waals surface area contributed by atoms with Crippen LogP contribution in [0, 0.1) is 5.82 Å². The summed E-state index contributed by atoms with van der Waals surface area (Å²) in [7, 11) is 1.62. The summed E-state index contributed by atoms with van der Waals surface area (Å²) in [5.41, 5.74) is 0.269. The first kappa shape index (κ1) is 9.95. The predicted octanol–water partition coefficient (Wildman–Crippen LogP) is 0.784. The maximum absolute atomic E-state index is 13.1. The van der Waals surface area contributed by atoms with Crippen LogP contribution in [0.1, 0.15) is 11.6 Å². The van der Waals surface area contributed by atoms with Gasteiger partial charge in [0.25, 0.3) is 0 Å². The minimum atomic E-state index is -0.480. The van der Waals surface area contributed by atoms with Crippen LogP contribution in [0.4, 0.5) is 4.39 Å². The van der Waals surface area contributed by atoms with Crippen LogP contribution in [0.2, 0.25) is 0 Å². The van der Waals surface area contributed by atoms with E-state index in [0.29, 0.717) is 0 Å². The smallest absolute Gasteiger partial charge is 0.128 e. The van der Waals surface area contributed by atoms with E-state index in [9.17, 15) is 4.39 Å². The SMILES string of the molecule is CNC(CO)c1cc(O)ccc1F. The maximum Gasteiger partial charge on any atom is 0.128 e. The van der Waals surface area contributed by atoms with Crippen molar-refractivity contribution < 1.29 is 14.6 Å². The molecule has 0 bridgehead atoms. The van der Waals surface area contributed by atoms with Gasteiger partial charge in [-0.15, -0.1) is 0 Å². The van der Waals surface area contributed by atoms with E-state index in [1.165, 1.54) is 18.2 Å². The van der Waals surface area contributed by atoms with Gasteiger partial charge >= 0.3 is 0 Å². The Hall–Kier alpha value is -1.13. The van der Waals surface area contributed by atoms with Crippen molar-refractivity contribution in [3.05, 3.63) is 29.6 Å². The van der Waals surface area contributed by atoms with Crippen molar-refractivity contribution in [2.75, 3.05) is 13.7 Å². The second kappa shape index (κ2) is 4.20. The average Bonchev–Trinajstić information content (AvgIpc) is 2.13. The zero-order chi connectivity index (χ0) is 9.84. The van der Waals surface area contributed by atoms with Gasteiger partial charge in [-0.25, -0.2) is 4.39 Å². The van der Waals surface area contributed by atoms with E-state index < -0.39 is 11.9 Å². The second-order valence-electron chi connectivity index (χ2n) is 2.73. The van der Waals surface area contributed by atoms with Crippen molar-refractivity contribution in [1.29, 1.82) is 0 Å². The van der Waals surface area contributed by atoms with Gasteiger partial charge in [-0.2, -0.15) is 0 Å². The summed E-state index contributed by atoms with van der Waals surface area (Å²) >= 11 is 0. The van der Waals surface area contributed by atoms with E-state index >= 15 is 0 Å². The quantitative estimate of drug-likeness (QED) is 0.652. The highest BCUT2D eigenvalue weighted by Crippen LogP contribution is 2.21. The van der Waals surface area contributed by atoms with Crippen molar-refractivity contribution in [2.45, 2.75) is 6.04 Å². The number of halogens is 1. The molecule has 1 aromatic rings. The van der Waals surface area contributed by atoms with Gasteiger partial charge < -0.3 is 15.5 Å². The molecule has 1 atom stereocenters. The number of benzene rings is 1. The Bertz CT molecular complexity index is 287. The molecule has 0 aliphatic rings. The van der Waals surface area contributed by atoms with Gasteiger partial charge in [-0.1, -0.05) is 0 Å². The van der Waals surface area contributed by atoms with E-state index in [4.69, 9.17) is 10.2 Å². The lowest BCUT2D eigenvalue weighted by molar-refractivity contribution is 0.247. The number of hydrogen-bond donors (Lipinski definition) is 3. The molecule has 0 fully saturated rings. The fourth-order valence-electron chi connectivity index (χ4n) is 1.14. The Morgan fingerprint density at radius 1 is 1.54 bits per heavy atom. The Labute approximate surface area is 75.8 Å². The zero-order valence-corrected chi connectivity index (χ0v) is 7.29. The third-order valence-corrected chi connectivity index (χ3v) is 1.89. The van der Waals surface area contributed by atoms with Crippen LogP contribution in [0.5, 0.6) is 5.75 Å². The first-order valence-corrected chi connectivity index (χ1v) is 3.95. The van der Waals surface area contributed by atoms with Crippen LogP contribution in [0.15, 0.2) is 18.2 Å². The van der Waals surface area contributed by atoms with Gasteiger partial charge in [0.15, 0.2) is 0 Å². The van der Waals surface area contributed by atoms with E-state index in [2.05, 4.69) is 5.32 Å². The van der Waals surface area contributed by atoms with E-state index in [1.807, 2.05) is 0 Å². The number of aliphatic hydroxyl groups is 1. The van der Waals surface area contributed by atoms with Gasteiger partial charge in [0, 0.05) is 5.56 Å². The molecular formula is C9H12FNO2. The van der Waals surface area contributed by atoms with Gasteiger partial charge in [0.05, 0.1) is 12.6 Å². The number of nitrogens with one attached hydrogen (secondary N) is 1. The highest BCUT2D eigenvalue weighted by atomic mass is 19.1. The average molecular weight is 185 g/mol. The molecule has 4 heteroatoms. The number of phenols is 1. The lowest BCUT2D eigenvalue weighted by atomic mass is 10.1. The molecule has 1 unspecified atom stereocenters. The second-order valence-corrected chi connectivity index (χ2v) is 2.73. The normalized spacial score (nSPS) is 12.8. The maximum atomic E-state index is 13.1. The minimum Gasteiger partial charge on any atom is -0.508 e. The molecule has 0 aliphatic heterocycles. The van der Waals surface area contributed by atoms with Gasteiger partial charge in [0.1, 0.15) is 11.6 Å². The molecule has 0 saturated carbocycles. The molecule has 1 rings (SSSR count). The standard InChI is InChI=1S/C9H12FNO2/c1-11-9(5-12)7-4-6(13)2-3-8(7)10/h2-4,9,11-13H,5H2,1H3. The van der Waals surface area contributed by atoms with E-state index in [1.54, 1.807) is 7.05 Å². The Balaban J connectivity index is 3.03. The van der Waals surface area contributed by atoms with Gasteiger partial charge in [-0.3, -0.25) is 0 Å². The van der Waals surface area contributed by atoms with Crippen molar-refractivity contribution in [1.82, 2.24) is 5.32 Å². The Kier molecular flexibility index (Phi) is 3.22. The van der Waals surface area contributed by atoms with Crippen molar-refractivity contribution in [3.63, 3.8) is 0 Å². The summed E-state index contributed by atoms with van der Waals surface area (Å²) in [5.74, 6) is -0.448. The summed E-state index contributed by atoms with van der Waals surface area (Å²) in [6.07, 6.45) is 0. The molecule has 0 heterocycles.